The maximum absolute atomic E-state index is 9.28. The molecule has 3 heteroatoms. The number of aromatic hydroxyl groups is 1. The maximum atomic E-state index is 9.28. The van der Waals surface area contributed by atoms with E-state index in [1.165, 1.54) is 30.4 Å². The number of hydrogen-bond donors (Lipinski definition) is 2. The highest BCUT2D eigenvalue weighted by molar-refractivity contribution is 5.25. The summed E-state index contributed by atoms with van der Waals surface area (Å²) < 4.78 is 5.72. The van der Waals surface area contributed by atoms with E-state index in [1.54, 1.807) is 12.1 Å². The average molecular weight is 341 g/mol. The third-order valence-corrected chi connectivity index (χ3v) is 4.39. The summed E-state index contributed by atoms with van der Waals surface area (Å²) in [4.78, 5) is 0. The Morgan fingerprint density at radius 1 is 0.880 bits per heavy atom. The van der Waals surface area contributed by atoms with Gasteiger partial charge >= 0.3 is 0 Å². The normalized spacial score (nSPS) is 12.2. The zero-order valence-corrected chi connectivity index (χ0v) is 15.3. The van der Waals surface area contributed by atoms with Crippen LogP contribution in [0.25, 0.3) is 0 Å². The van der Waals surface area contributed by atoms with Crippen LogP contribution in [0.2, 0.25) is 0 Å². The zero-order chi connectivity index (χ0) is 17.7. The lowest BCUT2D eigenvalue weighted by Gasteiger charge is -2.14. The van der Waals surface area contributed by atoms with Gasteiger partial charge in [-0.25, -0.2) is 0 Å². The molecule has 0 aromatic heterocycles. The van der Waals surface area contributed by atoms with Gasteiger partial charge in [0.05, 0.1) is 6.61 Å². The number of nitrogens with one attached hydrogen (secondary N) is 1. The lowest BCUT2D eigenvalue weighted by Crippen LogP contribution is -2.25. The van der Waals surface area contributed by atoms with E-state index < -0.39 is 0 Å². The van der Waals surface area contributed by atoms with Crippen molar-refractivity contribution in [1.29, 1.82) is 0 Å². The van der Waals surface area contributed by atoms with Crippen LogP contribution >= 0.6 is 0 Å². The summed E-state index contributed by atoms with van der Waals surface area (Å²) in [6.45, 7) is 4.76. The van der Waals surface area contributed by atoms with Gasteiger partial charge in [0.1, 0.15) is 5.75 Å². The van der Waals surface area contributed by atoms with Gasteiger partial charge in [0, 0.05) is 19.2 Å². The van der Waals surface area contributed by atoms with E-state index in [4.69, 9.17) is 4.74 Å². The summed E-state index contributed by atoms with van der Waals surface area (Å²) in [5.74, 6) is 0.322. The Bertz CT molecular complexity index is 568. The Balaban J connectivity index is 1.42. The molecular weight excluding hydrogens is 310 g/mol. The molecule has 0 heterocycles. The number of phenolic OH excluding ortho intramolecular Hbond substituents is 1. The van der Waals surface area contributed by atoms with Crippen LogP contribution in [0.5, 0.6) is 5.75 Å². The van der Waals surface area contributed by atoms with Gasteiger partial charge < -0.3 is 15.2 Å². The molecule has 0 aliphatic heterocycles. The molecule has 2 N–H and O–H groups in total. The standard InChI is InChI=1S/C22H31NO2/c1-19(23-18-21-11-13-22(24)14-12-21)8-4-3-7-16-25-17-15-20-9-5-2-6-10-20/h2,5-6,9-14,19,23-24H,3-4,7-8,15-18H2,1H3. The first kappa shape index (κ1) is 19.5. The molecule has 0 radical (unpaired) electrons. The molecule has 0 fully saturated rings. The molecule has 0 saturated heterocycles. The van der Waals surface area contributed by atoms with E-state index in [1.807, 2.05) is 18.2 Å². The number of hydrogen-bond acceptors (Lipinski definition) is 3. The van der Waals surface area contributed by atoms with Gasteiger partial charge in [-0.05, 0) is 49.4 Å². The first-order valence-electron chi connectivity index (χ1n) is 9.37. The van der Waals surface area contributed by atoms with Crippen LogP contribution in [0.4, 0.5) is 0 Å². The third-order valence-electron chi connectivity index (χ3n) is 4.39. The Hall–Kier alpha value is -1.84. The molecule has 1 unspecified atom stereocenters. The highest BCUT2D eigenvalue weighted by Crippen LogP contribution is 2.10. The first-order valence-corrected chi connectivity index (χ1v) is 9.37. The van der Waals surface area contributed by atoms with Crippen molar-refractivity contribution in [3.8, 4) is 5.75 Å². The zero-order valence-electron chi connectivity index (χ0n) is 15.3. The molecule has 0 aliphatic rings. The summed E-state index contributed by atoms with van der Waals surface area (Å²) in [5, 5.41) is 12.8. The molecule has 0 spiro atoms. The average Bonchev–Trinajstić information content (AvgIpc) is 2.64. The fourth-order valence-corrected chi connectivity index (χ4v) is 2.78. The van der Waals surface area contributed by atoms with Gasteiger partial charge in [-0.1, -0.05) is 55.3 Å². The second-order valence-electron chi connectivity index (χ2n) is 6.65. The van der Waals surface area contributed by atoms with Gasteiger partial charge in [-0.2, -0.15) is 0 Å². The van der Waals surface area contributed by atoms with Crippen molar-refractivity contribution in [2.24, 2.45) is 0 Å². The molecule has 3 nitrogen and oxygen atoms in total. The SMILES string of the molecule is CC(CCCCCOCCc1ccccc1)NCc1ccc(O)cc1. The van der Waals surface area contributed by atoms with E-state index >= 15 is 0 Å². The number of ether oxygens (including phenoxy) is 1. The van der Waals surface area contributed by atoms with Crippen LogP contribution in [-0.4, -0.2) is 24.4 Å². The number of unbranched alkanes of at least 4 members (excludes halogenated alkanes) is 2. The van der Waals surface area contributed by atoms with Crippen molar-refractivity contribution in [3.05, 3.63) is 65.7 Å². The van der Waals surface area contributed by atoms with Crippen LogP contribution in [0.1, 0.15) is 43.7 Å². The Kier molecular flexibility index (Phi) is 9.09. The van der Waals surface area contributed by atoms with Crippen LogP contribution in [-0.2, 0) is 17.7 Å². The fraction of sp³-hybridized carbons (Fsp3) is 0.455. The minimum Gasteiger partial charge on any atom is -0.508 e. The number of phenols is 1. The van der Waals surface area contributed by atoms with E-state index in [9.17, 15) is 5.11 Å². The van der Waals surface area contributed by atoms with Crippen molar-refractivity contribution in [1.82, 2.24) is 5.32 Å². The predicted octanol–water partition coefficient (Wildman–Crippen LogP) is 4.69. The highest BCUT2D eigenvalue weighted by Gasteiger charge is 2.02. The first-order chi connectivity index (χ1) is 12.2. The quantitative estimate of drug-likeness (QED) is 0.550. The molecule has 0 aliphatic carbocycles. The lowest BCUT2D eigenvalue weighted by atomic mass is 10.1. The molecule has 0 amide bonds. The minimum atomic E-state index is 0.322. The summed E-state index contributed by atoms with van der Waals surface area (Å²) >= 11 is 0. The van der Waals surface area contributed by atoms with E-state index in [0.717, 1.165) is 32.6 Å². The maximum Gasteiger partial charge on any atom is 0.115 e. The number of rotatable bonds is 12. The monoisotopic (exact) mass is 341 g/mol. The summed E-state index contributed by atoms with van der Waals surface area (Å²) in [7, 11) is 0. The molecule has 2 aromatic rings. The second-order valence-corrected chi connectivity index (χ2v) is 6.65. The molecule has 2 aromatic carbocycles. The topological polar surface area (TPSA) is 41.5 Å². The van der Waals surface area contributed by atoms with Crippen molar-refractivity contribution < 1.29 is 9.84 Å². The van der Waals surface area contributed by atoms with E-state index in [-0.39, 0.29) is 0 Å². The Labute approximate surface area is 152 Å². The Morgan fingerprint density at radius 2 is 1.64 bits per heavy atom. The summed E-state index contributed by atoms with van der Waals surface area (Å²) in [5.41, 5.74) is 2.55. The van der Waals surface area contributed by atoms with Gasteiger partial charge in [-0.15, -0.1) is 0 Å². The van der Waals surface area contributed by atoms with Gasteiger partial charge in [0.2, 0.25) is 0 Å². The van der Waals surface area contributed by atoms with Crippen LogP contribution < -0.4 is 5.32 Å². The van der Waals surface area contributed by atoms with E-state index in [0.29, 0.717) is 11.8 Å². The number of benzene rings is 2. The molecule has 2 rings (SSSR count). The molecule has 0 bridgehead atoms. The molecular formula is C22H31NO2. The van der Waals surface area contributed by atoms with Crippen molar-refractivity contribution in [2.45, 2.75) is 51.6 Å². The third kappa shape index (κ3) is 8.71. The second kappa shape index (κ2) is 11.7. The molecule has 25 heavy (non-hydrogen) atoms. The Morgan fingerprint density at radius 3 is 2.40 bits per heavy atom. The van der Waals surface area contributed by atoms with Crippen molar-refractivity contribution >= 4 is 0 Å². The largest absolute Gasteiger partial charge is 0.508 e. The smallest absolute Gasteiger partial charge is 0.115 e. The molecule has 1 atom stereocenters. The van der Waals surface area contributed by atoms with Crippen LogP contribution in [0.3, 0.4) is 0 Å². The van der Waals surface area contributed by atoms with Gasteiger partial charge in [0.25, 0.3) is 0 Å². The minimum absolute atomic E-state index is 0.322. The lowest BCUT2D eigenvalue weighted by molar-refractivity contribution is 0.132. The van der Waals surface area contributed by atoms with Crippen molar-refractivity contribution in [2.75, 3.05) is 13.2 Å². The predicted molar refractivity (Wildman–Crippen MR) is 104 cm³/mol. The highest BCUT2D eigenvalue weighted by atomic mass is 16.5. The molecule has 0 saturated carbocycles. The summed E-state index contributed by atoms with van der Waals surface area (Å²) in [6.07, 6.45) is 5.77. The van der Waals surface area contributed by atoms with Crippen molar-refractivity contribution in [3.63, 3.8) is 0 Å². The van der Waals surface area contributed by atoms with Gasteiger partial charge in [-0.3, -0.25) is 0 Å². The molecule has 136 valence electrons. The van der Waals surface area contributed by atoms with Crippen LogP contribution in [0, 0.1) is 0 Å². The van der Waals surface area contributed by atoms with E-state index in [2.05, 4.69) is 36.5 Å². The fourth-order valence-electron chi connectivity index (χ4n) is 2.78. The van der Waals surface area contributed by atoms with Crippen LogP contribution in [0.15, 0.2) is 54.6 Å². The van der Waals surface area contributed by atoms with Gasteiger partial charge in [0.15, 0.2) is 0 Å². The summed E-state index contributed by atoms with van der Waals surface area (Å²) in [6, 6.07) is 18.4.